The number of amides is 1. The zero-order valence-corrected chi connectivity index (χ0v) is 14.4. The van der Waals surface area contributed by atoms with Gasteiger partial charge in [-0.15, -0.1) is 0 Å². The van der Waals surface area contributed by atoms with Crippen molar-refractivity contribution in [3.05, 3.63) is 101 Å². The minimum absolute atomic E-state index is 0.0510. The Balaban J connectivity index is 1.64. The lowest BCUT2D eigenvalue weighted by Gasteiger charge is -2.19. The van der Waals surface area contributed by atoms with Crippen molar-refractivity contribution in [1.29, 1.82) is 0 Å². The van der Waals surface area contributed by atoms with E-state index in [9.17, 15) is 4.79 Å². The third kappa shape index (κ3) is 2.94. The molecule has 0 radical (unpaired) electrons. The Labute approximate surface area is 152 Å². The van der Waals surface area contributed by atoms with Gasteiger partial charge >= 0.3 is 0 Å². The van der Waals surface area contributed by atoms with E-state index in [0.717, 1.165) is 12.1 Å². The molecule has 0 spiro atoms. The molecule has 1 amide bonds. The highest BCUT2D eigenvalue weighted by Crippen LogP contribution is 2.59. The molecule has 4 rings (SSSR count). The van der Waals surface area contributed by atoms with Crippen molar-refractivity contribution >= 4 is 23.2 Å². The van der Waals surface area contributed by atoms with Gasteiger partial charge in [0.1, 0.15) is 0 Å². The Kier molecular flexibility index (Phi) is 4.06. The van der Waals surface area contributed by atoms with Crippen molar-refractivity contribution in [2.24, 2.45) is 5.92 Å². The Hall–Kier alpha value is -2.58. The van der Waals surface area contributed by atoms with Gasteiger partial charge in [0.25, 0.3) is 0 Å². The summed E-state index contributed by atoms with van der Waals surface area (Å²) in [4.78, 5) is 12.9. The second-order valence-corrected chi connectivity index (χ2v) is 6.89. The molecule has 25 heavy (non-hydrogen) atoms. The van der Waals surface area contributed by atoms with Crippen LogP contribution in [0.15, 0.2) is 84.9 Å². The predicted octanol–water partition coefficient (Wildman–Crippen LogP) is 5.28. The molecule has 0 aliphatic heterocycles. The van der Waals surface area contributed by atoms with Crippen molar-refractivity contribution in [2.45, 2.75) is 11.8 Å². The standard InChI is InChI=1S/C22H18ClNO/c23-18-11-13-19(14-12-18)24-21(25)20-15-22(20,16-7-3-1-4-8-16)17-9-5-2-6-10-17/h1-14,20H,15H2,(H,24,25). The van der Waals surface area contributed by atoms with Crippen molar-refractivity contribution in [3.63, 3.8) is 0 Å². The van der Waals surface area contributed by atoms with E-state index in [4.69, 9.17) is 11.6 Å². The quantitative estimate of drug-likeness (QED) is 0.683. The van der Waals surface area contributed by atoms with Crippen LogP contribution in [0.4, 0.5) is 5.69 Å². The summed E-state index contributed by atoms with van der Waals surface area (Å²) in [5, 5.41) is 3.69. The van der Waals surface area contributed by atoms with Crippen LogP contribution >= 0.6 is 11.6 Å². The second kappa shape index (κ2) is 6.38. The smallest absolute Gasteiger partial charge is 0.228 e. The average Bonchev–Trinajstić information content (AvgIpc) is 3.42. The van der Waals surface area contributed by atoms with Gasteiger partial charge in [0.2, 0.25) is 5.91 Å². The Morgan fingerprint density at radius 2 is 1.36 bits per heavy atom. The summed E-state index contributed by atoms with van der Waals surface area (Å²) in [6.07, 6.45) is 0.820. The number of nitrogens with one attached hydrogen (secondary N) is 1. The van der Waals surface area contributed by atoms with E-state index in [2.05, 4.69) is 29.6 Å². The second-order valence-electron chi connectivity index (χ2n) is 6.46. The third-order valence-electron chi connectivity index (χ3n) is 4.97. The van der Waals surface area contributed by atoms with Gasteiger partial charge in [0.15, 0.2) is 0 Å². The number of benzene rings is 3. The number of hydrogen-bond donors (Lipinski definition) is 1. The van der Waals surface area contributed by atoms with E-state index in [1.54, 1.807) is 12.1 Å². The maximum Gasteiger partial charge on any atom is 0.228 e. The normalized spacial score (nSPS) is 17.7. The molecular weight excluding hydrogens is 330 g/mol. The van der Waals surface area contributed by atoms with E-state index in [0.29, 0.717) is 5.02 Å². The zero-order valence-electron chi connectivity index (χ0n) is 13.7. The molecule has 1 N–H and O–H groups in total. The van der Waals surface area contributed by atoms with Gasteiger partial charge in [-0.1, -0.05) is 72.3 Å². The molecule has 1 unspecified atom stereocenters. The van der Waals surface area contributed by atoms with Crippen LogP contribution in [-0.2, 0) is 10.2 Å². The maximum atomic E-state index is 12.9. The van der Waals surface area contributed by atoms with Crippen LogP contribution in [0, 0.1) is 5.92 Å². The lowest BCUT2D eigenvalue weighted by molar-refractivity contribution is -0.117. The first-order valence-corrected chi connectivity index (χ1v) is 8.75. The molecule has 0 heterocycles. The summed E-state index contributed by atoms with van der Waals surface area (Å²) >= 11 is 5.92. The van der Waals surface area contributed by atoms with E-state index in [1.165, 1.54) is 11.1 Å². The van der Waals surface area contributed by atoms with E-state index >= 15 is 0 Å². The topological polar surface area (TPSA) is 29.1 Å². The molecule has 1 aliphatic carbocycles. The summed E-state index contributed by atoms with van der Waals surface area (Å²) in [5.74, 6) is -0.0250. The number of hydrogen-bond acceptors (Lipinski definition) is 1. The van der Waals surface area contributed by atoms with Crippen molar-refractivity contribution in [1.82, 2.24) is 0 Å². The number of carbonyl (C=O) groups excluding carboxylic acids is 1. The molecule has 2 nitrogen and oxygen atoms in total. The lowest BCUT2D eigenvalue weighted by Crippen LogP contribution is -2.22. The van der Waals surface area contributed by atoms with Crippen molar-refractivity contribution in [2.75, 3.05) is 5.32 Å². The van der Waals surface area contributed by atoms with Crippen LogP contribution in [-0.4, -0.2) is 5.91 Å². The molecule has 1 saturated carbocycles. The summed E-state index contributed by atoms with van der Waals surface area (Å²) in [7, 11) is 0. The predicted molar refractivity (Wildman–Crippen MR) is 102 cm³/mol. The highest BCUT2D eigenvalue weighted by molar-refractivity contribution is 6.30. The average molecular weight is 348 g/mol. The monoisotopic (exact) mass is 347 g/mol. The largest absolute Gasteiger partial charge is 0.326 e. The molecule has 0 aromatic heterocycles. The molecule has 3 aromatic carbocycles. The highest BCUT2D eigenvalue weighted by atomic mass is 35.5. The van der Waals surface area contributed by atoms with Gasteiger partial charge in [0.05, 0.1) is 5.92 Å². The fourth-order valence-corrected chi connectivity index (χ4v) is 3.74. The zero-order chi connectivity index (χ0) is 17.3. The molecule has 0 bridgehead atoms. The fraction of sp³-hybridized carbons (Fsp3) is 0.136. The summed E-state index contributed by atoms with van der Waals surface area (Å²) < 4.78 is 0. The van der Waals surface area contributed by atoms with Crippen LogP contribution in [0.5, 0.6) is 0 Å². The van der Waals surface area contributed by atoms with Crippen LogP contribution in [0.25, 0.3) is 0 Å². The van der Waals surface area contributed by atoms with E-state index < -0.39 is 0 Å². The molecule has 1 fully saturated rings. The number of rotatable bonds is 4. The number of halogens is 1. The molecule has 1 atom stereocenters. The van der Waals surface area contributed by atoms with Gasteiger partial charge in [-0.3, -0.25) is 4.79 Å². The van der Waals surface area contributed by atoms with Crippen LogP contribution in [0.2, 0.25) is 5.02 Å². The summed E-state index contributed by atoms with van der Waals surface area (Å²) in [5.41, 5.74) is 2.92. The van der Waals surface area contributed by atoms with Crippen molar-refractivity contribution < 1.29 is 4.79 Å². The van der Waals surface area contributed by atoms with Crippen molar-refractivity contribution in [3.8, 4) is 0 Å². The summed E-state index contributed by atoms with van der Waals surface area (Å²) in [6.45, 7) is 0. The third-order valence-corrected chi connectivity index (χ3v) is 5.22. The van der Waals surface area contributed by atoms with Gasteiger partial charge < -0.3 is 5.32 Å². The SMILES string of the molecule is O=C(Nc1ccc(Cl)cc1)C1CC1(c1ccccc1)c1ccccc1. The first-order valence-electron chi connectivity index (χ1n) is 8.37. The molecule has 3 aromatic rings. The molecule has 124 valence electrons. The minimum atomic E-state index is -0.237. The lowest BCUT2D eigenvalue weighted by atomic mass is 9.85. The Morgan fingerprint density at radius 1 is 0.840 bits per heavy atom. The molecule has 0 saturated heterocycles. The van der Waals surface area contributed by atoms with Crippen LogP contribution < -0.4 is 5.32 Å². The first kappa shape index (κ1) is 15.9. The van der Waals surface area contributed by atoms with Crippen LogP contribution in [0.3, 0.4) is 0 Å². The van der Waals surface area contributed by atoms with Gasteiger partial charge in [-0.2, -0.15) is 0 Å². The molecular formula is C22H18ClNO. The van der Waals surface area contributed by atoms with Crippen LogP contribution in [0.1, 0.15) is 17.5 Å². The molecule has 1 aliphatic rings. The summed E-state index contributed by atoms with van der Waals surface area (Å²) in [6, 6.07) is 27.8. The number of anilines is 1. The molecule has 3 heteroatoms. The van der Waals surface area contributed by atoms with E-state index in [1.807, 2.05) is 48.5 Å². The Bertz CT molecular complexity index is 835. The van der Waals surface area contributed by atoms with Gasteiger partial charge in [-0.05, 0) is 41.8 Å². The highest BCUT2D eigenvalue weighted by Gasteiger charge is 2.60. The number of carbonyl (C=O) groups is 1. The van der Waals surface area contributed by atoms with Gasteiger partial charge in [0, 0.05) is 16.1 Å². The fourth-order valence-electron chi connectivity index (χ4n) is 3.62. The maximum absolute atomic E-state index is 12.9. The first-order chi connectivity index (χ1) is 12.2. The van der Waals surface area contributed by atoms with E-state index in [-0.39, 0.29) is 17.2 Å². The van der Waals surface area contributed by atoms with Gasteiger partial charge in [-0.25, -0.2) is 0 Å². The minimum Gasteiger partial charge on any atom is -0.326 e. The Morgan fingerprint density at radius 3 is 1.88 bits per heavy atom.